The first-order valence-corrected chi connectivity index (χ1v) is 9.82. The summed E-state index contributed by atoms with van der Waals surface area (Å²) in [5, 5.41) is 19.9. The lowest BCUT2D eigenvalue weighted by atomic mass is 10.0. The minimum absolute atomic E-state index is 0.0206. The summed E-state index contributed by atoms with van der Waals surface area (Å²) in [5.74, 6) is 0. The lowest BCUT2D eigenvalue weighted by Crippen LogP contribution is -2.54. The topological polar surface area (TPSA) is 108 Å². The fourth-order valence-electron chi connectivity index (χ4n) is 3.35. The van der Waals surface area contributed by atoms with Crippen LogP contribution in [0.15, 0.2) is 35.2 Å². The summed E-state index contributed by atoms with van der Waals surface area (Å²) in [6, 6.07) is 7.70. The molecule has 0 radical (unpaired) electrons. The standard InChI is InChI=1S/C16H24N2O6S/c19-11-14-16(20)15(18-6-8-23-9-7-18)13(24-14)10-17-25(21,22)12-4-2-1-3-5-12/h1-5,13-17,19-20H,6-11H2/t13-,14-,15-,16+/m0/s1. The summed E-state index contributed by atoms with van der Waals surface area (Å²) in [4.78, 5) is 2.21. The molecule has 2 aliphatic rings. The molecule has 9 heteroatoms. The van der Waals surface area contributed by atoms with Gasteiger partial charge in [0.15, 0.2) is 0 Å². The summed E-state index contributed by atoms with van der Waals surface area (Å²) < 4.78 is 38.4. The predicted octanol–water partition coefficient (Wildman–Crippen LogP) is -1.21. The van der Waals surface area contributed by atoms with Crippen LogP contribution in [-0.2, 0) is 19.5 Å². The molecule has 0 bridgehead atoms. The lowest BCUT2D eigenvalue weighted by Gasteiger charge is -2.36. The molecule has 1 aromatic rings. The molecule has 25 heavy (non-hydrogen) atoms. The third kappa shape index (κ3) is 4.20. The molecule has 0 saturated carbocycles. The number of aliphatic hydroxyl groups excluding tert-OH is 2. The van der Waals surface area contributed by atoms with E-state index in [4.69, 9.17) is 9.47 Å². The van der Waals surface area contributed by atoms with Gasteiger partial charge in [0.2, 0.25) is 10.0 Å². The molecule has 3 rings (SSSR count). The lowest BCUT2D eigenvalue weighted by molar-refractivity contribution is -0.0207. The quantitative estimate of drug-likeness (QED) is 0.575. The maximum absolute atomic E-state index is 12.4. The summed E-state index contributed by atoms with van der Waals surface area (Å²) in [5.41, 5.74) is 0. The summed E-state index contributed by atoms with van der Waals surface area (Å²) in [6.07, 6.45) is -2.16. The van der Waals surface area contributed by atoms with E-state index in [0.29, 0.717) is 26.3 Å². The van der Waals surface area contributed by atoms with E-state index in [1.165, 1.54) is 12.1 Å². The summed E-state index contributed by atoms with van der Waals surface area (Å²) in [6.45, 7) is 2.07. The van der Waals surface area contributed by atoms with Crippen LogP contribution >= 0.6 is 0 Å². The van der Waals surface area contributed by atoms with Gasteiger partial charge >= 0.3 is 0 Å². The first-order valence-electron chi connectivity index (χ1n) is 8.34. The van der Waals surface area contributed by atoms with Crippen LogP contribution in [0.3, 0.4) is 0 Å². The van der Waals surface area contributed by atoms with E-state index >= 15 is 0 Å². The minimum Gasteiger partial charge on any atom is -0.394 e. The number of aliphatic hydroxyl groups is 2. The number of nitrogens with zero attached hydrogens (tertiary/aromatic N) is 1. The van der Waals surface area contributed by atoms with Gasteiger partial charge in [-0.25, -0.2) is 13.1 Å². The van der Waals surface area contributed by atoms with Gasteiger partial charge in [-0.05, 0) is 12.1 Å². The van der Waals surface area contributed by atoms with Gasteiger partial charge in [-0.2, -0.15) is 0 Å². The Morgan fingerprint density at radius 1 is 1.16 bits per heavy atom. The smallest absolute Gasteiger partial charge is 0.240 e. The number of ether oxygens (including phenoxy) is 2. The fourth-order valence-corrected chi connectivity index (χ4v) is 4.41. The second kappa shape index (κ2) is 8.09. The molecule has 2 heterocycles. The van der Waals surface area contributed by atoms with Gasteiger partial charge in [0.1, 0.15) is 12.2 Å². The maximum atomic E-state index is 12.4. The van der Waals surface area contributed by atoms with E-state index in [9.17, 15) is 18.6 Å². The number of hydrogen-bond acceptors (Lipinski definition) is 7. The van der Waals surface area contributed by atoms with Gasteiger partial charge in [0.05, 0.1) is 36.9 Å². The van der Waals surface area contributed by atoms with Gasteiger partial charge < -0.3 is 19.7 Å². The normalized spacial score (nSPS) is 31.3. The zero-order valence-electron chi connectivity index (χ0n) is 13.8. The minimum atomic E-state index is -3.66. The van der Waals surface area contributed by atoms with E-state index in [1.54, 1.807) is 18.2 Å². The van der Waals surface area contributed by atoms with Crippen LogP contribution in [-0.4, -0.2) is 87.3 Å². The number of hydrogen-bond donors (Lipinski definition) is 3. The molecular weight excluding hydrogens is 348 g/mol. The van der Waals surface area contributed by atoms with Crippen LogP contribution in [0.25, 0.3) is 0 Å². The van der Waals surface area contributed by atoms with Crippen molar-refractivity contribution in [2.45, 2.75) is 29.2 Å². The second-order valence-electron chi connectivity index (χ2n) is 6.19. The van der Waals surface area contributed by atoms with Crippen molar-refractivity contribution in [2.24, 2.45) is 0 Å². The number of morpholine rings is 1. The maximum Gasteiger partial charge on any atom is 0.240 e. The average Bonchev–Trinajstić information content (AvgIpc) is 2.97. The van der Waals surface area contributed by atoms with Crippen LogP contribution in [0, 0.1) is 0 Å². The molecule has 3 N–H and O–H groups in total. The van der Waals surface area contributed by atoms with Crippen LogP contribution < -0.4 is 4.72 Å². The molecule has 8 nitrogen and oxygen atoms in total. The monoisotopic (exact) mass is 372 g/mol. The highest BCUT2D eigenvalue weighted by Crippen LogP contribution is 2.26. The molecular formula is C16H24N2O6S. The Morgan fingerprint density at radius 3 is 2.48 bits per heavy atom. The molecule has 0 spiro atoms. The molecule has 2 aliphatic heterocycles. The zero-order valence-corrected chi connectivity index (χ0v) is 14.6. The van der Waals surface area contributed by atoms with Gasteiger partial charge in [-0.3, -0.25) is 4.90 Å². The van der Waals surface area contributed by atoms with E-state index < -0.39 is 28.3 Å². The van der Waals surface area contributed by atoms with Crippen molar-refractivity contribution in [3.05, 3.63) is 30.3 Å². The van der Waals surface area contributed by atoms with Crippen molar-refractivity contribution >= 4 is 10.0 Å². The number of benzene rings is 1. The first-order chi connectivity index (χ1) is 12.0. The van der Waals surface area contributed by atoms with Crippen molar-refractivity contribution in [3.8, 4) is 0 Å². The Hall–Kier alpha value is -1.07. The van der Waals surface area contributed by atoms with E-state index in [-0.39, 0.29) is 24.1 Å². The van der Waals surface area contributed by atoms with Crippen LogP contribution in [0.1, 0.15) is 0 Å². The van der Waals surface area contributed by atoms with Crippen molar-refractivity contribution in [2.75, 3.05) is 39.5 Å². The van der Waals surface area contributed by atoms with Crippen molar-refractivity contribution in [3.63, 3.8) is 0 Å². The number of rotatable bonds is 6. The van der Waals surface area contributed by atoms with Gasteiger partial charge in [-0.1, -0.05) is 18.2 Å². The Kier molecular flexibility index (Phi) is 6.05. The van der Waals surface area contributed by atoms with Crippen molar-refractivity contribution in [1.29, 1.82) is 0 Å². The van der Waals surface area contributed by atoms with Gasteiger partial charge in [0, 0.05) is 19.6 Å². The zero-order chi connectivity index (χ0) is 17.9. The van der Waals surface area contributed by atoms with E-state index in [1.807, 2.05) is 4.90 Å². The molecule has 0 aromatic heterocycles. The summed E-state index contributed by atoms with van der Waals surface area (Å²) >= 11 is 0. The highest BCUT2D eigenvalue weighted by molar-refractivity contribution is 7.89. The van der Waals surface area contributed by atoms with E-state index in [0.717, 1.165) is 0 Å². The number of sulfonamides is 1. The Labute approximate surface area is 147 Å². The van der Waals surface area contributed by atoms with Crippen LogP contribution in [0.5, 0.6) is 0 Å². The highest BCUT2D eigenvalue weighted by Gasteiger charge is 2.46. The Balaban J connectivity index is 1.70. The van der Waals surface area contributed by atoms with Crippen molar-refractivity contribution in [1.82, 2.24) is 9.62 Å². The predicted molar refractivity (Wildman–Crippen MR) is 89.6 cm³/mol. The number of nitrogens with one attached hydrogen (secondary N) is 1. The third-order valence-corrected chi connectivity index (χ3v) is 6.08. The van der Waals surface area contributed by atoms with Gasteiger partial charge in [-0.15, -0.1) is 0 Å². The molecule has 0 aliphatic carbocycles. The van der Waals surface area contributed by atoms with Gasteiger partial charge in [0.25, 0.3) is 0 Å². The van der Waals surface area contributed by atoms with Crippen molar-refractivity contribution < 1.29 is 28.1 Å². The average molecular weight is 372 g/mol. The highest BCUT2D eigenvalue weighted by atomic mass is 32.2. The molecule has 1 aromatic carbocycles. The van der Waals surface area contributed by atoms with Crippen LogP contribution in [0.4, 0.5) is 0 Å². The molecule has 4 atom stereocenters. The second-order valence-corrected chi connectivity index (χ2v) is 7.96. The summed E-state index contributed by atoms with van der Waals surface area (Å²) in [7, 11) is -3.66. The Morgan fingerprint density at radius 2 is 1.84 bits per heavy atom. The molecule has 0 amide bonds. The molecule has 2 saturated heterocycles. The Bertz CT molecular complexity index is 650. The third-order valence-electron chi connectivity index (χ3n) is 4.64. The largest absolute Gasteiger partial charge is 0.394 e. The van der Waals surface area contributed by atoms with Crippen LogP contribution in [0.2, 0.25) is 0 Å². The van der Waals surface area contributed by atoms with E-state index in [2.05, 4.69) is 4.72 Å². The first kappa shape index (κ1) is 18.7. The molecule has 140 valence electrons. The SMILES string of the molecule is O=S(=O)(NC[C@@H]1O[C@@H](CO)[C@@H](O)[C@H]1N1CCOCC1)c1ccccc1. The molecule has 2 fully saturated rings. The fraction of sp³-hybridized carbons (Fsp3) is 0.625. The molecule has 0 unspecified atom stereocenters.